The van der Waals surface area contributed by atoms with E-state index < -0.39 is 0 Å². The number of aliphatic hydroxyl groups excluding tert-OH is 1. The van der Waals surface area contributed by atoms with Crippen LogP contribution in [0, 0.1) is 5.92 Å². The summed E-state index contributed by atoms with van der Waals surface area (Å²) >= 11 is 3.53. The Labute approximate surface area is 107 Å². The van der Waals surface area contributed by atoms with Crippen molar-refractivity contribution in [3.63, 3.8) is 0 Å². The van der Waals surface area contributed by atoms with Crippen LogP contribution in [-0.4, -0.2) is 35.7 Å². The molecule has 0 radical (unpaired) electrons. The average Bonchev–Trinajstić information content (AvgIpc) is 2.64. The van der Waals surface area contributed by atoms with Gasteiger partial charge in [0.05, 0.1) is 6.61 Å². The molecular weight excluding hydrogens is 266 g/mol. The zero-order chi connectivity index (χ0) is 12.0. The van der Waals surface area contributed by atoms with Gasteiger partial charge in [0.25, 0.3) is 0 Å². The molecule has 16 heavy (non-hydrogen) atoms. The van der Waals surface area contributed by atoms with E-state index in [0.717, 1.165) is 24.0 Å². The SMILES string of the molecule is CC(C)/C=C(Br)/C=C/CN1CCC[C@H]1CO. The fourth-order valence-electron chi connectivity index (χ4n) is 2.02. The smallest absolute Gasteiger partial charge is 0.0587 e. The molecule has 1 saturated heterocycles. The lowest BCUT2D eigenvalue weighted by atomic mass is 10.2. The third-order valence-corrected chi connectivity index (χ3v) is 3.35. The van der Waals surface area contributed by atoms with Gasteiger partial charge in [0.1, 0.15) is 0 Å². The fourth-order valence-corrected chi connectivity index (χ4v) is 2.73. The Morgan fingerprint density at radius 1 is 1.56 bits per heavy atom. The first kappa shape index (κ1) is 13.9. The molecule has 1 atom stereocenters. The summed E-state index contributed by atoms with van der Waals surface area (Å²) in [6, 6.07) is 0.373. The van der Waals surface area contributed by atoms with Crippen LogP contribution >= 0.6 is 15.9 Å². The molecule has 1 N–H and O–H groups in total. The van der Waals surface area contributed by atoms with Gasteiger partial charge in [-0.05, 0) is 25.3 Å². The Morgan fingerprint density at radius 3 is 2.94 bits per heavy atom. The number of likely N-dealkylation sites (tertiary alicyclic amines) is 1. The Morgan fingerprint density at radius 2 is 2.31 bits per heavy atom. The van der Waals surface area contributed by atoms with E-state index in [9.17, 15) is 5.11 Å². The molecule has 1 aliphatic rings. The van der Waals surface area contributed by atoms with E-state index in [0.29, 0.717) is 12.0 Å². The second kappa shape index (κ2) is 7.25. The molecule has 0 spiro atoms. The molecular formula is C13H22BrNO. The van der Waals surface area contributed by atoms with Gasteiger partial charge in [0, 0.05) is 17.1 Å². The third-order valence-electron chi connectivity index (χ3n) is 2.82. The molecule has 1 aliphatic heterocycles. The summed E-state index contributed by atoms with van der Waals surface area (Å²) in [6.07, 6.45) is 8.79. The van der Waals surface area contributed by atoms with Gasteiger partial charge in [-0.2, -0.15) is 0 Å². The standard InChI is InChI=1S/C13H22BrNO/c1-11(2)9-12(14)5-3-7-15-8-4-6-13(15)10-16/h3,5,9,11,13,16H,4,6-8,10H2,1-2H3/b5-3+,12-9-/t13-/m0/s1. The van der Waals surface area contributed by atoms with Crippen molar-refractivity contribution in [1.29, 1.82) is 0 Å². The summed E-state index contributed by atoms with van der Waals surface area (Å²) in [6.45, 7) is 6.67. The molecule has 0 bridgehead atoms. The molecule has 2 nitrogen and oxygen atoms in total. The van der Waals surface area contributed by atoms with Crippen LogP contribution < -0.4 is 0 Å². The highest BCUT2D eigenvalue weighted by atomic mass is 79.9. The number of rotatable bonds is 5. The van der Waals surface area contributed by atoms with Gasteiger partial charge in [0.15, 0.2) is 0 Å². The highest BCUT2D eigenvalue weighted by Crippen LogP contribution is 2.17. The van der Waals surface area contributed by atoms with Crippen molar-refractivity contribution in [1.82, 2.24) is 4.90 Å². The number of nitrogens with zero attached hydrogens (tertiary/aromatic N) is 1. The first-order chi connectivity index (χ1) is 7.63. The van der Waals surface area contributed by atoms with Crippen molar-refractivity contribution in [2.75, 3.05) is 19.7 Å². The van der Waals surface area contributed by atoms with Crippen molar-refractivity contribution in [3.05, 3.63) is 22.7 Å². The van der Waals surface area contributed by atoms with E-state index in [1.165, 1.54) is 6.42 Å². The van der Waals surface area contributed by atoms with Crippen LogP contribution in [-0.2, 0) is 0 Å². The number of hydrogen-bond acceptors (Lipinski definition) is 2. The Bertz CT molecular complexity index is 261. The zero-order valence-electron chi connectivity index (χ0n) is 10.2. The van der Waals surface area contributed by atoms with E-state index >= 15 is 0 Å². The van der Waals surface area contributed by atoms with E-state index in [4.69, 9.17) is 0 Å². The monoisotopic (exact) mass is 287 g/mol. The summed E-state index contributed by atoms with van der Waals surface area (Å²) in [5, 5.41) is 9.18. The molecule has 0 saturated carbocycles. The van der Waals surface area contributed by atoms with Gasteiger partial charge in [0.2, 0.25) is 0 Å². The van der Waals surface area contributed by atoms with E-state index in [-0.39, 0.29) is 6.61 Å². The highest BCUT2D eigenvalue weighted by Gasteiger charge is 2.21. The topological polar surface area (TPSA) is 23.5 Å². The van der Waals surface area contributed by atoms with Gasteiger partial charge in [-0.1, -0.05) is 48.0 Å². The maximum absolute atomic E-state index is 9.18. The maximum Gasteiger partial charge on any atom is 0.0587 e. The van der Waals surface area contributed by atoms with Gasteiger partial charge in [-0.15, -0.1) is 0 Å². The van der Waals surface area contributed by atoms with Crippen molar-refractivity contribution in [3.8, 4) is 0 Å². The number of halogens is 1. The van der Waals surface area contributed by atoms with E-state index in [1.807, 2.05) is 0 Å². The highest BCUT2D eigenvalue weighted by molar-refractivity contribution is 9.11. The predicted molar refractivity (Wildman–Crippen MR) is 72.7 cm³/mol. The molecule has 0 aromatic carbocycles. The summed E-state index contributed by atoms with van der Waals surface area (Å²) in [5.74, 6) is 0.566. The largest absolute Gasteiger partial charge is 0.395 e. The van der Waals surface area contributed by atoms with Gasteiger partial charge in [-0.3, -0.25) is 4.90 Å². The molecule has 0 unspecified atom stereocenters. The minimum Gasteiger partial charge on any atom is -0.395 e. The van der Waals surface area contributed by atoms with Crippen molar-refractivity contribution < 1.29 is 5.11 Å². The van der Waals surface area contributed by atoms with Crippen molar-refractivity contribution >= 4 is 15.9 Å². The maximum atomic E-state index is 9.18. The Balaban J connectivity index is 2.36. The molecule has 1 fully saturated rings. The first-order valence-corrected chi connectivity index (χ1v) is 6.81. The lowest BCUT2D eigenvalue weighted by Gasteiger charge is -2.20. The van der Waals surface area contributed by atoms with Crippen LogP contribution in [0.2, 0.25) is 0 Å². The average molecular weight is 288 g/mol. The van der Waals surface area contributed by atoms with Crippen molar-refractivity contribution in [2.45, 2.75) is 32.7 Å². The molecule has 92 valence electrons. The summed E-state index contributed by atoms with van der Waals surface area (Å²) < 4.78 is 1.14. The van der Waals surface area contributed by atoms with Crippen LogP contribution in [0.5, 0.6) is 0 Å². The van der Waals surface area contributed by atoms with Crippen LogP contribution in [0.4, 0.5) is 0 Å². The quantitative estimate of drug-likeness (QED) is 0.786. The number of hydrogen-bond donors (Lipinski definition) is 1. The molecule has 1 rings (SSSR count). The minimum atomic E-state index is 0.289. The molecule has 1 heterocycles. The normalized spacial score (nSPS) is 23.8. The van der Waals surface area contributed by atoms with Gasteiger partial charge >= 0.3 is 0 Å². The summed E-state index contributed by atoms with van der Waals surface area (Å²) in [4.78, 5) is 2.34. The zero-order valence-corrected chi connectivity index (χ0v) is 11.8. The fraction of sp³-hybridized carbons (Fsp3) is 0.692. The molecule has 0 aromatic rings. The van der Waals surface area contributed by atoms with Gasteiger partial charge < -0.3 is 5.11 Å². The number of allylic oxidation sites excluding steroid dienone is 3. The number of aliphatic hydroxyl groups is 1. The first-order valence-electron chi connectivity index (χ1n) is 6.02. The second-order valence-electron chi connectivity index (χ2n) is 4.67. The molecule has 0 aromatic heterocycles. The van der Waals surface area contributed by atoms with E-state index in [1.54, 1.807) is 0 Å². The lowest BCUT2D eigenvalue weighted by Crippen LogP contribution is -2.32. The minimum absolute atomic E-state index is 0.289. The van der Waals surface area contributed by atoms with Crippen LogP contribution in [0.15, 0.2) is 22.7 Å². The summed E-state index contributed by atoms with van der Waals surface area (Å²) in [5.41, 5.74) is 0. The molecule has 0 amide bonds. The van der Waals surface area contributed by atoms with Crippen LogP contribution in [0.1, 0.15) is 26.7 Å². The lowest BCUT2D eigenvalue weighted by molar-refractivity contribution is 0.170. The van der Waals surface area contributed by atoms with Crippen LogP contribution in [0.25, 0.3) is 0 Å². The van der Waals surface area contributed by atoms with E-state index in [2.05, 4.69) is 52.9 Å². The summed E-state index contributed by atoms with van der Waals surface area (Å²) in [7, 11) is 0. The Hall–Kier alpha value is -0.120. The predicted octanol–water partition coefficient (Wildman–Crippen LogP) is 2.93. The third kappa shape index (κ3) is 4.81. The second-order valence-corrected chi connectivity index (χ2v) is 5.59. The van der Waals surface area contributed by atoms with Gasteiger partial charge in [-0.25, -0.2) is 0 Å². The van der Waals surface area contributed by atoms with Crippen molar-refractivity contribution in [2.24, 2.45) is 5.92 Å². The van der Waals surface area contributed by atoms with Crippen LogP contribution in [0.3, 0.4) is 0 Å². The molecule has 3 heteroatoms. The molecule has 0 aliphatic carbocycles. The Kier molecular flexibility index (Phi) is 6.32.